The van der Waals surface area contributed by atoms with Crippen LogP contribution in [0.4, 0.5) is 5.69 Å². The second-order valence-electron chi connectivity index (χ2n) is 14.8. The number of fused-ring (bicyclic) bond motifs is 3. The Kier molecular flexibility index (Phi) is 11.8. The zero-order chi connectivity index (χ0) is 34.7. The smallest absolute Gasteiger partial charge is 0.264 e. The fourth-order valence-electron chi connectivity index (χ4n) is 8.06. The fourth-order valence-corrected chi connectivity index (χ4v) is 9.57. The second-order valence-corrected chi connectivity index (χ2v) is 17.3. The van der Waals surface area contributed by atoms with Gasteiger partial charge in [0.05, 0.1) is 30.2 Å². The predicted molar refractivity (Wildman–Crippen MR) is 194 cm³/mol. The minimum Gasteiger partial charge on any atom is -0.487 e. The number of aryl methyl sites for hydroxylation is 1. The number of sulfonamides is 1. The van der Waals surface area contributed by atoms with Crippen molar-refractivity contribution in [3.8, 4) is 5.75 Å². The van der Waals surface area contributed by atoms with Gasteiger partial charge in [0.15, 0.2) is 6.29 Å². The molecule has 6 rings (SSSR count). The molecular formula is C38H54ClN3O6S. The minimum atomic E-state index is -3.90. The van der Waals surface area contributed by atoms with E-state index in [9.17, 15) is 13.2 Å². The summed E-state index contributed by atoms with van der Waals surface area (Å²) in [6, 6.07) is 11.5. The summed E-state index contributed by atoms with van der Waals surface area (Å²) in [5.74, 6) is 1.04. The molecule has 1 amide bonds. The second kappa shape index (κ2) is 15.9. The van der Waals surface area contributed by atoms with E-state index in [1.807, 2.05) is 37.3 Å². The number of halogens is 1. The van der Waals surface area contributed by atoms with Crippen molar-refractivity contribution >= 4 is 33.2 Å². The molecule has 1 aliphatic carbocycles. The van der Waals surface area contributed by atoms with Gasteiger partial charge in [-0.05, 0) is 125 Å². The third-order valence-corrected chi connectivity index (χ3v) is 14.0. The molecule has 2 bridgehead atoms. The number of benzene rings is 2. The summed E-state index contributed by atoms with van der Waals surface area (Å²) < 4.78 is 48.9. The molecule has 270 valence electrons. The van der Waals surface area contributed by atoms with E-state index < -0.39 is 21.2 Å². The number of carbonyl (C=O) groups is 1. The molecule has 49 heavy (non-hydrogen) atoms. The normalized spacial score (nSPS) is 31.3. The molecule has 2 aromatic rings. The topological polar surface area (TPSA) is 97.4 Å². The third-order valence-electron chi connectivity index (χ3n) is 11.8. The number of likely N-dealkylation sites (N-methyl/N-ethyl adjacent to an activating group) is 1. The van der Waals surface area contributed by atoms with Crippen molar-refractivity contribution in [2.75, 3.05) is 44.8 Å². The molecule has 2 aromatic carbocycles. The Labute approximate surface area is 298 Å². The van der Waals surface area contributed by atoms with Gasteiger partial charge in [-0.15, -0.1) is 0 Å². The molecule has 1 N–H and O–H groups in total. The van der Waals surface area contributed by atoms with Crippen molar-refractivity contribution < 1.29 is 27.4 Å². The first-order valence-corrected chi connectivity index (χ1v) is 20.2. The first-order chi connectivity index (χ1) is 23.5. The largest absolute Gasteiger partial charge is 0.487 e. The average Bonchev–Trinajstić information content (AvgIpc) is 3.11. The lowest BCUT2D eigenvalue weighted by atomic mass is 9.65. The van der Waals surface area contributed by atoms with E-state index in [2.05, 4.69) is 28.5 Å². The van der Waals surface area contributed by atoms with Gasteiger partial charge in [-0.1, -0.05) is 37.9 Å². The van der Waals surface area contributed by atoms with Crippen molar-refractivity contribution in [3.05, 3.63) is 58.1 Å². The van der Waals surface area contributed by atoms with Gasteiger partial charge in [-0.3, -0.25) is 9.69 Å². The molecule has 3 aliphatic heterocycles. The summed E-state index contributed by atoms with van der Waals surface area (Å²) in [4.78, 5) is 18.2. The average molecular weight is 716 g/mol. The Balaban J connectivity index is 1.34. The van der Waals surface area contributed by atoms with Crippen LogP contribution in [0.15, 0.2) is 36.4 Å². The first-order valence-electron chi connectivity index (χ1n) is 18.3. The van der Waals surface area contributed by atoms with E-state index in [1.165, 1.54) is 5.56 Å². The van der Waals surface area contributed by atoms with Gasteiger partial charge in [0.25, 0.3) is 5.91 Å². The van der Waals surface area contributed by atoms with Gasteiger partial charge in [-0.2, -0.15) is 0 Å². The van der Waals surface area contributed by atoms with Gasteiger partial charge in [0.1, 0.15) is 12.4 Å². The summed E-state index contributed by atoms with van der Waals surface area (Å²) in [5.41, 5.74) is 3.42. The van der Waals surface area contributed by atoms with E-state index >= 15 is 0 Å². The standard InChI is InChI=1S/C38H54ClN3O6S/c1-5-41(4)32-23-47-38(48-24-32)34-11-8-9-25(2)26(3)49(44,45)40-37(43)28-14-17-36-35(20-28)42(21-29-13-16-33(29)34)18-7-6-10-27-19-31(39)15-12-30(27)22-46-36/h12,14-15,17,19-20,25-26,29,32-34,38H,5-11,13,16,18,21-24H2,1-4H3,(H,40,43)/t25-,26+,29-,32?,33+,34-,38?/m0/s1. The SMILES string of the molecule is CCN(C)C1COC([C@H]2CCC[C@H](C)[C@@H](C)S(=O)(=O)NC(=O)c3ccc4c(c3)N(CCCCc3cc(Cl)ccc3CO4)C[C@@H]3CC[C@H]32)OC1. The molecule has 5 atom stereocenters. The van der Waals surface area contributed by atoms with Crippen LogP contribution in [0.1, 0.15) is 87.2 Å². The Morgan fingerprint density at radius 2 is 1.76 bits per heavy atom. The number of amides is 1. The highest BCUT2D eigenvalue weighted by molar-refractivity contribution is 7.90. The quantitative estimate of drug-likeness (QED) is 0.377. The monoisotopic (exact) mass is 715 g/mol. The zero-order valence-electron chi connectivity index (χ0n) is 29.5. The van der Waals surface area contributed by atoms with Crippen LogP contribution in [-0.4, -0.2) is 76.7 Å². The predicted octanol–water partition coefficient (Wildman–Crippen LogP) is 6.67. The molecule has 9 nitrogen and oxygen atoms in total. The van der Waals surface area contributed by atoms with Crippen molar-refractivity contribution in [1.29, 1.82) is 0 Å². The zero-order valence-corrected chi connectivity index (χ0v) is 31.1. The van der Waals surface area contributed by atoms with Crippen LogP contribution < -0.4 is 14.4 Å². The molecule has 2 fully saturated rings. The molecule has 0 unspecified atom stereocenters. The summed E-state index contributed by atoms with van der Waals surface area (Å²) in [6.45, 7) is 10.1. The first kappa shape index (κ1) is 36.4. The van der Waals surface area contributed by atoms with Crippen molar-refractivity contribution in [2.45, 2.75) is 96.3 Å². The summed E-state index contributed by atoms with van der Waals surface area (Å²) in [5, 5.41) is -0.00105. The number of hydrogen-bond donors (Lipinski definition) is 1. The van der Waals surface area contributed by atoms with E-state index in [0.717, 1.165) is 87.3 Å². The summed E-state index contributed by atoms with van der Waals surface area (Å²) >= 11 is 6.38. The molecule has 11 heteroatoms. The van der Waals surface area contributed by atoms with Crippen LogP contribution in [0.5, 0.6) is 5.75 Å². The highest BCUT2D eigenvalue weighted by Gasteiger charge is 2.44. The molecule has 0 aromatic heterocycles. The molecule has 3 heterocycles. The maximum absolute atomic E-state index is 13.5. The van der Waals surface area contributed by atoms with E-state index in [0.29, 0.717) is 43.0 Å². The van der Waals surface area contributed by atoms with Crippen molar-refractivity contribution in [2.24, 2.45) is 23.7 Å². The highest BCUT2D eigenvalue weighted by Crippen LogP contribution is 2.46. The van der Waals surface area contributed by atoms with E-state index in [-0.39, 0.29) is 24.2 Å². The van der Waals surface area contributed by atoms with Crippen LogP contribution in [0.25, 0.3) is 0 Å². The van der Waals surface area contributed by atoms with Gasteiger partial charge in [0, 0.05) is 29.6 Å². The summed E-state index contributed by atoms with van der Waals surface area (Å²) in [7, 11) is -1.79. The Morgan fingerprint density at radius 1 is 0.959 bits per heavy atom. The molecular weight excluding hydrogens is 662 g/mol. The molecule has 1 saturated heterocycles. The van der Waals surface area contributed by atoms with Crippen LogP contribution in [0, 0.1) is 23.7 Å². The van der Waals surface area contributed by atoms with E-state index in [4.69, 9.17) is 25.8 Å². The Hall–Kier alpha value is -2.37. The van der Waals surface area contributed by atoms with Crippen LogP contribution in [0.3, 0.4) is 0 Å². The number of hydrogen-bond acceptors (Lipinski definition) is 8. The number of nitrogens with one attached hydrogen (secondary N) is 1. The lowest BCUT2D eigenvalue weighted by Gasteiger charge is -2.48. The van der Waals surface area contributed by atoms with E-state index in [1.54, 1.807) is 13.0 Å². The summed E-state index contributed by atoms with van der Waals surface area (Å²) in [6.07, 6.45) is 7.35. The third kappa shape index (κ3) is 8.41. The number of nitrogens with zero attached hydrogens (tertiary/aromatic N) is 2. The molecule has 4 aliphatic rings. The van der Waals surface area contributed by atoms with Gasteiger partial charge >= 0.3 is 0 Å². The maximum atomic E-state index is 13.5. The Morgan fingerprint density at radius 3 is 2.49 bits per heavy atom. The Bertz CT molecular complexity index is 1560. The number of ether oxygens (including phenoxy) is 3. The highest BCUT2D eigenvalue weighted by atomic mass is 35.5. The van der Waals surface area contributed by atoms with Crippen molar-refractivity contribution in [3.63, 3.8) is 0 Å². The molecule has 0 spiro atoms. The minimum absolute atomic E-state index is 0.124. The molecule has 0 radical (unpaired) electrons. The number of anilines is 1. The maximum Gasteiger partial charge on any atom is 0.264 e. The fraction of sp³-hybridized carbons (Fsp3) is 0.658. The lowest BCUT2D eigenvalue weighted by Crippen LogP contribution is -2.51. The number of carbonyl (C=O) groups excluding carboxylic acids is 1. The van der Waals surface area contributed by atoms with Crippen LogP contribution in [-0.2, 0) is 32.5 Å². The van der Waals surface area contributed by atoms with Gasteiger partial charge in [-0.25, -0.2) is 13.1 Å². The number of rotatable bonds is 3. The van der Waals surface area contributed by atoms with Gasteiger partial charge < -0.3 is 19.1 Å². The lowest BCUT2D eigenvalue weighted by molar-refractivity contribution is -0.241. The molecule has 1 saturated carbocycles. The van der Waals surface area contributed by atoms with Crippen molar-refractivity contribution in [1.82, 2.24) is 9.62 Å². The van der Waals surface area contributed by atoms with Gasteiger partial charge in [0.2, 0.25) is 10.0 Å². The van der Waals surface area contributed by atoms with Crippen LogP contribution in [0.2, 0.25) is 5.02 Å². The van der Waals surface area contributed by atoms with Crippen LogP contribution >= 0.6 is 11.6 Å².